The third kappa shape index (κ3) is 4.69. The summed E-state index contributed by atoms with van der Waals surface area (Å²) in [7, 11) is -1.52. The van der Waals surface area contributed by atoms with Crippen LogP contribution in [0.5, 0.6) is 0 Å². The minimum absolute atomic E-state index is 0.0592. The molecule has 0 bridgehead atoms. The van der Waals surface area contributed by atoms with E-state index in [0.29, 0.717) is 13.2 Å². The van der Waals surface area contributed by atoms with Gasteiger partial charge in [0.05, 0.1) is 19.4 Å². The molecule has 0 unspecified atom stereocenters. The molecule has 1 aromatic carbocycles. The molecule has 1 aliphatic rings. The first kappa shape index (κ1) is 16.7. The van der Waals surface area contributed by atoms with E-state index in [2.05, 4.69) is 12.3 Å². The van der Waals surface area contributed by atoms with Crippen LogP contribution in [-0.4, -0.2) is 24.0 Å². The number of ether oxygens (including phenoxy) is 1. The van der Waals surface area contributed by atoms with E-state index in [1.807, 2.05) is 44.2 Å². The monoisotopic (exact) mass is 321 g/mol. The summed E-state index contributed by atoms with van der Waals surface area (Å²) in [4.78, 5) is 12.2. The zero-order chi connectivity index (χ0) is 16.0. The summed E-state index contributed by atoms with van der Waals surface area (Å²) in [6.45, 7) is 8.81. The molecule has 1 saturated heterocycles. The summed E-state index contributed by atoms with van der Waals surface area (Å²) in [6.07, 6.45) is 0.864. The Bertz CT molecular complexity index is 545. The molecule has 0 radical (unpaired) electrons. The molecular formula is C16H20NO4P. The van der Waals surface area contributed by atoms with Gasteiger partial charge in [-0.2, -0.15) is 0 Å². The molecule has 0 saturated carbocycles. The average molecular weight is 321 g/mol. The molecular weight excluding hydrogens is 301 g/mol. The predicted molar refractivity (Wildman–Crippen MR) is 84.8 cm³/mol. The third-order valence-electron chi connectivity index (χ3n) is 2.91. The van der Waals surface area contributed by atoms with Crippen molar-refractivity contribution >= 4 is 14.6 Å². The normalized spacial score (nSPS) is 17.4. The molecule has 0 atom stereocenters. The molecule has 0 spiro atoms. The number of hydrogen-bond donors (Lipinski definition) is 0. The van der Waals surface area contributed by atoms with Gasteiger partial charge in [-0.1, -0.05) is 50.8 Å². The van der Waals surface area contributed by atoms with E-state index >= 15 is 0 Å². The van der Waals surface area contributed by atoms with Crippen molar-refractivity contribution in [2.24, 2.45) is 5.41 Å². The zero-order valence-electron chi connectivity index (χ0n) is 12.8. The Hall–Kier alpha value is -1.64. The molecule has 1 aromatic rings. The first-order chi connectivity index (χ1) is 10.5. The first-order valence-corrected chi connectivity index (χ1v) is 8.07. The Morgan fingerprint density at radius 1 is 1.41 bits per heavy atom. The van der Waals surface area contributed by atoms with Crippen LogP contribution in [0.2, 0.25) is 0 Å². The molecule has 1 aliphatic heterocycles. The second-order valence-corrected chi connectivity index (χ2v) is 7.09. The smallest absolute Gasteiger partial charge is 0.421 e. The molecule has 5 nitrogen and oxygen atoms in total. The van der Waals surface area contributed by atoms with Gasteiger partial charge < -0.3 is 13.8 Å². The van der Waals surface area contributed by atoms with Gasteiger partial charge in [0.15, 0.2) is 0 Å². The van der Waals surface area contributed by atoms with Crippen molar-refractivity contribution in [2.75, 3.05) is 13.2 Å². The Morgan fingerprint density at radius 2 is 2.05 bits per heavy atom. The predicted octanol–water partition coefficient (Wildman–Crippen LogP) is 4.22. The number of benzene rings is 1. The van der Waals surface area contributed by atoms with E-state index in [-0.39, 0.29) is 12.0 Å². The lowest BCUT2D eigenvalue weighted by Crippen LogP contribution is -2.33. The van der Waals surface area contributed by atoms with Gasteiger partial charge in [0.2, 0.25) is 0 Å². The summed E-state index contributed by atoms with van der Waals surface area (Å²) in [5.41, 5.74) is 3.43. The van der Waals surface area contributed by atoms with Crippen LogP contribution >= 0.6 is 8.53 Å². The summed E-state index contributed by atoms with van der Waals surface area (Å²) >= 11 is 0. The molecule has 0 N–H and O–H groups in total. The van der Waals surface area contributed by atoms with Crippen molar-refractivity contribution in [3.63, 3.8) is 0 Å². The lowest BCUT2D eigenvalue weighted by molar-refractivity contribution is 0.0457. The third-order valence-corrected chi connectivity index (χ3v) is 4.24. The fourth-order valence-electron chi connectivity index (χ4n) is 1.70. The summed E-state index contributed by atoms with van der Waals surface area (Å²) in [6, 6.07) is 9.48. The Kier molecular flexibility index (Phi) is 5.76. The van der Waals surface area contributed by atoms with Gasteiger partial charge in [-0.25, -0.2) is 9.46 Å². The number of amides is 1. The van der Waals surface area contributed by atoms with Gasteiger partial charge in [0.25, 0.3) is 8.53 Å². The number of nitrogens with zero attached hydrogens (tertiary/aromatic N) is 1. The summed E-state index contributed by atoms with van der Waals surface area (Å²) in [5, 5.41) is 0. The standard InChI is InChI=1S/C16H20NO4P/c1-4-10-17(22-20-12-16(2,3)13-21-22)15(18)19-11-14-8-6-5-7-9-14/h5-10H,1,11-13H2,2-3H3. The highest BCUT2D eigenvalue weighted by atomic mass is 31.2. The van der Waals surface area contributed by atoms with Gasteiger partial charge >= 0.3 is 6.09 Å². The van der Waals surface area contributed by atoms with E-state index in [9.17, 15) is 4.79 Å². The van der Waals surface area contributed by atoms with Gasteiger partial charge in [-0.15, -0.1) is 5.73 Å². The second-order valence-electron chi connectivity index (χ2n) is 5.67. The highest BCUT2D eigenvalue weighted by molar-refractivity contribution is 7.45. The molecule has 6 heteroatoms. The van der Waals surface area contributed by atoms with Crippen molar-refractivity contribution in [3.8, 4) is 0 Å². The maximum absolute atomic E-state index is 12.2. The fraction of sp³-hybridized carbons (Fsp3) is 0.375. The molecule has 22 heavy (non-hydrogen) atoms. The van der Waals surface area contributed by atoms with Crippen LogP contribution < -0.4 is 0 Å². The molecule has 0 aromatic heterocycles. The zero-order valence-corrected chi connectivity index (χ0v) is 13.7. The molecule has 0 aliphatic carbocycles. The highest BCUT2D eigenvalue weighted by Gasteiger charge is 2.35. The number of carbonyl (C=O) groups excluding carboxylic acids is 1. The van der Waals surface area contributed by atoms with Gasteiger partial charge in [0.1, 0.15) is 6.61 Å². The maximum Gasteiger partial charge on any atom is 0.421 e. The number of carbonyl (C=O) groups is 1. The van der Waals surface area contributed by atoms with Crippen molar-refractivity contribution in [3.05, 3.63) is 54.4 Å². The van der Waals surface area contributed by atoms with E-state index < -0.39 is 14.6 Å². The van der Waals surface area contributed by atoms with Crippen LogP contribution in [-0.2, 0) is 20.4 Å². The van der Waals surface area contributed by atoms with E-state index in [1.165, 1.54) is 10.9 Å². The Balaban J connectivity index is 1.95. The van der Waals surface area contributed by atoms with Crippen molar-refractivity contribution in [2.45, 2.75) is 20.5 Å². The highest BCUT2D eigenvalue weighted by Crippen LogP contribution is 2.49. The largest absolute Gasteiger partial charge is 0.444 e. The quantitative estimate of drug-likeness (QED) is 0.615. The van der Waals surface area contributed by atoms with E-state index in [1.54, 1.807) is 0 Å². The van der Waals surface area contributed by atoms with Gasteiger partial charge in [-0.3, -0.25) is 0 Å². The number of rotatable bonds is 4. The van der Waals surface area contributed by atoms with E-state index in [4.69, 9.17) is 13.8 Å². The minimum Gasteiger partial charge on any atom is -0.444 e. The average Bonchev–Trinajstić information content (AvgIpc) is 2.52. The molecule has 1 heterocycles. The minimum atomic E-state index is -1.52. The van der Waals surface area contributed by atoms with Crippen LogP contribution in [0.3, 0.4) is 0 Å². The van der Waals surface area contributed by atoms with Crippen LogP contribution in [0, 0.1) is 5.41 Å². The van der Waals surface area contributed by atoms with Gasteiger partial charge in [0, 0.05) is 5.41 Å². The van der Waals surface area contributed by atoms with E-state index in [0.717, 1.165) is 5.56 Å². The van der Waals surface area contributed by atoms with Crippen LogP contribution in [0.25, 0.3) is 0 Å². The van der Waals surface area contributed by atoms with Crippen molar-refractivity contribution in [1.29, 1.82) is 0 Å². The van der Waals surface area contributed by atoms with Crippen LogP contribution in [0.4, 0.5) is 4.79 Å². The Morgan fingerprint density at radius 3 is 2.64 bits per heavy atom. The molecule has 2 rings (SSSR count). The van der Waals surface area contributed by atoms with Crippen molar-refractivity contribution in [1.82, 2.24) is 4.67 Å². The lowest BCUT2D eigenvalue weighted by atomic mass is 9.97. The van der Waals surface area contributed by atoms with Crippen LogP contribution in [0.15, 0.2) is 48.8 Å². The summed E-state index contributed by atoms with van der Waals surface area (Å²) in [5.74, 6) is 0. The van der Waals surface area contributed by atoms with Crippen molar-refractivity contribution < 1.29 is 18.6 Å². The number of hydrogen-bond acceptors (Lipinski definition) is 4. The topological polar surface area (TPSA) is 48.0 Å². The lowest BCUT2D eigenvalue weighted by Gasteiger charge is -2.36. The molecule has 118 valence electrons. The van der Waals surface area contributed by atoms with Crippen LogP contribution in [0.1, 0.15) is 19.4 Å². The SMILES string of the molecule is C=C=CN(C(=O)OCc1ccccc1)P1OCC(C)(C)CO1. The maximum atomic E-state index is 12.2. The second kappa shape index (κ2) is 7.57. The fourth-order valence-corrected chi connectivity index (χ4v) is 3.31. The Labute approximate surface area is 132 Å². The summed E-state index contributed by atoms with van der Waals surface area (Å²) < 4.78 is 17.9. The molecule has 1 fully saturated rings. The molecule has 1 amide bonds. The first-order valence-electron chi connectivity index (χ1n) is 6.93. The van der Waals surface area contributed by atoms with Gasteiger partial charge in [-0.05, 0) is 5.56 Å².